The molecule has 5 aromatic rings. The number of aromatic nitrogens is 2. The number of hydrogen-bond donors (Lipinski definition) is 2. The summed E-state index contributed by atoms with van der Waals surface area (Å²) in [7, 11) is -4.60. The molecule has 2 N–H and O–H groups in total. The Morgan fingerprint density at radius 2 is 1.71 bits per heavy atom. The van der Waals surface area contributed by atoms with Crippen LogP contribution in [0.25, 0.3) is 16.6 Å². The lowest BCUT2D eigenvalue weighted by Gasteiger charge is -2.39. The second-order valence-corrected chi connectivity index (χ2v) is 20.7. The van der Waals surface area contributed by atoms with Gasteiger partial charge in [-0.25, -0.2) is 18.1 Å². The standard InChI is InChI=1S/C49H56ClN7O8S/c1-49(2)17-15-35(43(30-49)33-3-5-36(50)6-4-33)32-54-19-21-55(22-20-54)38-9-13-42(46(28-38)65-40-27-34-16-18-51-47(34)52-31-40)48(58)53-66(61,62)41-12-14-45(44(29-41)57(59)60)64-39-10-7-37(8-11-39)56-23-25-63-26-24-56/h3-6,9,12-14,16,18,27-29,31,37,39H,7-8,10-11,15,17,19-26,30,32H2,1-2H3,(H,51,52)(H,53,58)/t37-,39-. The van der Waals surface area contributed by atoms with E-state index in [2.05, 4.69) is 55.4 Å². The second-order valence-electron chi connectivity index (χ2n) is 18.6. The maximum atomic E-state index is 14.0. The molecule has 4 heterocycles. The summed E-state index contributed by atoms with van der Waals surface area (Å²) in [4.78, 5) is 39.8. The summed E-state index contributed by atoms with van der Waals surface area (Å²) in [5.74, 6) is -0.502. The number of carbonyl (C=O) groups is 1. The van der Waals surface area contributed by atoms with Gasteiger partial charge in [0, 0.05) is 86.3 Å². The number of ether oxygens (including phenoxy) is 3. The maximum Gasteiger partial charge on any atom is 0.312 e. The fourth-order valence-electron chi connectivity index (χ4n) is 9.77. The number of nitrogens with one attached hydrogen (secondary N) is 2. The molecule has 2 aromatic heterocycles. The third kappa shape index (κ3) is 10.5. The molecule has 66 heavy (non-hydrogen) atoms. The molecule has 0 unspecified atom stereocenters. The topological polar surface area (TPSA) is 172 Å². The molecule has 17 heteroatoms. The number of sulfonamides is 1. The van der Waals surface area contributed by atoms with Gasteiger partial charge >= 0.3 is 5.69 Å². The van der Waals surface area contributed by atoms with E-state index >= 15 is 0 Å². The molecule has 4 aliphatic rings. The van der Waals surface area contributed by atoms with Crippen molar-refractivity contribution in [3.63, 3.8) is 0 Å². The van der Waals surface area contributed by atoms with Gasteiger partial charge < -0.3 is 24.1 Å². The van der Waals surface area contributed by atoms with Gasteiger partial charge in [0.15, 0.2) is 5.75 Å². The number of rotatable bonds is 13. The quantitative estimate of drug-likeness (QED) is 0.0850. The van der Waals surface area contributed by atoms with Crippen LogP contribution in [-0.4, -0.2) is 110 Å². The van der Waals surface area contributed by atoms with Crippen LogP contribution in [0.1, 0.15) is 74.7 Å². The predicted octanol–water partition coefficient (Wildman–Crippen LogP) is 8.84. The Bertz CT molecular complexity index is 2720. The fourth-order valence-corrected chi connectivity index (χ4v) is 10.9. The van der Waals surface area contributed by atoms with Gasteiger partial charge in [-0.1, -0.05) is 43.2 Å². The van der Waals surface area contributed by atoms with Gasteiger partial charge in [-0.05, 0) is 110 Å². The van der Waals surface area contributed by atoms with E-state index in [-0.39, 0.29) is 28.6 Å². The number of aromatic amines is 1. The van der Waals surface area contributed by atoms with Crippen LogP contribution in [0.4, 0.5) is 11.4 Å². The van der Waals surface area contributed by atoms with Crippen molar-refractivity contribution in [3.05, 3.63) is 117 Å². The highest BCUT2D eigenvalue weighted by Gasteiger charge is 2.33. The second kappa shape index (κ2) is 19.4. The molecule has 1 amide bonds. The number of benzene rings is 3. The summed E-state index contributed by atoms with van der Waals surface area (Å²) in [5.41, 5.74) is 5.25. The fraction of sp³-hybridized carbons (Fsp3) is 0.429. The number of pyridine rings is 1. The number of halogens is 1. The molecule has 0 atom stereocenters. The van der Waals surface area contributed by atoms with Gasteiger partial charge in [0.2, 0.25) is 0 Å². The van der Waals surface area contributed by atoms with Gasteiger partial charge in [-0.15, -0.1) is 0 Å². The van der Waals surface area contributed by atoms with Crippen molar-refractivity contribution in [3.8, 4) is 17.2 Å². The minimum atomic E-state index is -4.60. The third-order valence-electron chi connectivity index (χ3n) is 13.5. The number of allylic oxidation sites excluding steroid dienone is 1. The zero-order valence-corrected chi connectivity index (χ0v) is 38.9. The highest BCUT2D eigenvalue weighted by molar-refractivity contribution is 7.90. The molecule has 2 aliphatic heterocycles. The lowest BCUT2D eigenvalue weighted by Crippen LogP contribution is -2.47. The van der Waals surface area contributed by atoms with Crippen LogP contribution >= 0.6 is 11.6 Å². The number of nitro benzene ring substituents is 1. The summed E-state index contributed by atoms with van der Waals surface area (Å²) in [6.45, 7) is 11.8. The van der Waals surface area contributed by atoms with E-state index in [0.29, 0.717) is 43.5 Å². The Hall–Kier alpha value is -5.52. The molecular weight excluding hydrogens is 882 g/mol. The number of morpholine rings is 1. The number of fused-ring (bicyclic) bond motifs is 1. The Balaban J connectivity index is 0.904. The summed E-state index contributed by atoms with van der Waals surface area (Å²) in [6, 6.07) is 20.7. The first-order valence-electron chi connectivity index (χ1n) is 22.8. The number of amides is 1. The van der Waals surface area contributed by atoms with E-state index in [9.17, 15) is 23.3 Å². The minimum absolute atomic E-state index is 0.0157. The summed E-state index contributed by atoms with van der Waals surface area (Å²) in [5, 5.41) is 13.8. The SMILES string of the molecule is CC1(C)CCC(CN2CCN(c3ccc(C(=O)NS(=O)(=O)c4ccc(O[C@H]5CC[C@H](N6CCOCC6)CC5)c([N+](=O)[O-])c4)c(Oc4cnc5[nH]ccc5c4)c3)CC2)=C(c2ccc(Cl)cc2)C1. The number of hydrogen-bond acceptors (Lipinski definition) is 12. The van der Waals surface area contributed by atoms with E-state index in [1.54, 1.807) is 30.5 Å². The van der Waals surface area contributed by atoms with Crippen LogP contribution in [-0.2, 0) is 14.8 Å². The number of nitrogens with zero attached hydrogens (tertiary/aromatic N) is 5. The monoisotopic (exact) mass is 937 g/mol. The van der Waals surface area contributed by atoms with E-state index in [4.69, 9.17) is 25.8 Å². The van der Waals surface area contributed by atoms with Crippen LogP contribution < -0.4 is 19.1 Å². The highest BCUT2D eigenvalue weighted by Crippen LogP contribution is 2.44. The zero-order valence-electron chi connectivity index (χ0n) is 37.3. The van der Waals surface area contributed by atoms with Gasteiger partial charge in [0.1, 0.15) is 17.1 Å². The Labute approximate surface area is 390 Å². The molecule has 3 aromatic carbocycles. The molecule has 0 bridgehead atoms. The van der Waals surface area contributed by atoms with Crippen LogP contribution in [0.15, 0.2) is 95.7 Å². The van der Waals surface area contributed by atoms with Crippen LogP contribution in [0, 0.1) is 15.5 Å². The van der Waals surface area contributed by atoms with Crippen molar-refractivity contribution < 1.29 is 32.3 Å². The van der Waals surface area contributed by atoms with Gasteiger partial charge in [0.25, 0.3) is 15.9 Å². The van der Waals surface area contributed by atoms with E-state index in [1.165, 1.54) is 35.0 Å². The number of anilines is 1. The van der Waals surface area contributed by atoms with Crippen molar-refractivity contribution in [2.24, 2.45) is 5.41 Å². The lowest BCUT2D eigenvalue weighted by atomic mass is 9.72. The summed E-state index contributed by atoms with van der Waals surface area (Å²) in [6.07, 6.45) is 9.44. The largest absolute Gasteiger partial charge is 0.484 e. The van der Waals surface area contributed by atoms with Crippen LogP contribution in [0.3, 0.4) is 0 Å². The normalized spacial score (nSPS) is 20.9. The van der Waals surface area contributed by atoms with Crippen molar-refractivity contribution in [1.82, 2.24) is 24.5 Å². The van der Waals surface area contributed by atoms with Gasteiger partial charge in [0.05, 0.1) is 40.9 Å². The molecule has 15 nitrogen and oxygen atoms in total. The molecule has 2 aliphatic carbocycles. The summed E-state index contributed by atoms with van der Waals surface area (Å²) >= 11 is 6.25. The minimum Gasteiger partial charge on any atom is -0.484 e. The van der Waals surface area contributed by atoms with E-state index in [1.807, 2.05) is 18.2 Å². The van der Waals surface area contributed by atoms with Crippen molar-refractivity contribution in [1.29, 1.82) is 0 Å². The third-order valence-corrected chi connectivity index (χ3v) is 15.1. The molecule has 1 saturated carbocycles. The molecular formula is C49H56ClN7O8S. The first-order chi connectivity index (χ1) is 31.8. The molecule has 0 radical (unpaired) electrons. The van der Waals surface area contributed by atoms with E-state index in [0.717, 1.165) is 100 Å². The summed E-state index contributed by atoms with van der Waals surface area (Å²) < 4.78 is 47.7. The number of nitro groups is 1. The van der Waals surface area contributed by atoms with Crippen LogP contribution in [0.2, 0.25) is 5.02 Å². The average Bonchev–Trinajstić information content (AvgIpc) is 3.79. The number of H-pyrrole nitrogens is 1. The zero-order chi connectivity index (χ0) is 46.0. The molecule has 2 saturated heterocycles. The highest BCUT2D eigenvalue weighted by atomic mass is 35.5. The van der Waals surface area contributed by atoms with Crippen molar-refractivity contribution in [2.75, 3.05) is 63.9 Å². The molecule has 3 fully saturated rings. The van der Waals surface area contributed by atoms with Gasteiger partial charge in [-0.3, -0.25) is 24.7 Å². The number of carbonyl (C=O) groups excluding carboxylic acids is 1. The van der Waals surface area contributed by atoms with Gasteiger partial charge in [-0.2, -0.15) is 0 Å². The average molecular weight is 939 g/mol. The van der Waals surface area contributed by atoms with Crippen molar-refractivity contribution in [2.45, 2.75) is 75.8 Å². The maximum absolute atomic E-state index is 14.0. The number of piperazine rings is 1. The van der Waals surface area contributed by atoms with Crippen LogP contribution in [0.5, 0.6) is 17.2 Å². The first-order valence-corrected chi connectivity index (χ1v) is 24.7. The predicted molar refractivity (Wildman–Crippen MR) is 254 cm³/mol. The molecule has 0 spiro atoms. The Morgan fingerprint density at radius 1 is 0.955 bits per heavy atom. The first kappa shape index (κ1) is 45.6. The molecule has 348 valence electrons. The Kier molecular flexibility index (Phi) is 13.4. The molecule has 9 rings (SSSR count). The Morgan fingerprint density at radius 3 is 2.45 bits per heavy atom. The van der Waals surface area contributed by atoms with E-state index < -0.39 is 31.4 Å². The smallest absolute Gasteiger partial charge is 0.312 e. The lowest BCUT2D eigenvalue weighted by molar-refractivity contribution is -0.386. The van der Waals surface area contributed by atoms with Crippen molar-refractivity contribution >= 4 is 55.5 Å².